The zero-order chi connectivity index (χ0) is 13.3. The summed E-state index contributed by atoms with van der Waals surface area (Å²) in [5, 5.41) is 1.81. The molecule has 0 atom stereocenters. The van der Waals surface area contributed by atoms with Gasteiger partial charge in [0.15, 0.2) is 0 Å². The van der Waals surface area contributed by atoms with Crippen LogP contribution in [0.3, 0.4) is 0 Å². The molecule has 1 aliphatic rings. The van der Waals surface area contributed by atoms with Crippen molar-refractivity contribution >= 4 is 21.4 Å². The number of sulfonamides is 1. The van der Waals surface area contributed by atoms with Crippen molar-refractivity contribution in [3.63, 3.8) is 0 Å². The molecule has 0 amide bonds. The molecular formula is C14H15NO2S2. The molecule has 0 saturated heterocycles. The Bertz CT molecular complexity index is 631. The summed E-state index contributed by atoms with van der Waals surface area (Å²) in [4.78, 5) is 0. The van der Waals surface area contributed by atoms with Crippen LogP contribution in [0.5, 0.6) is 0 Å². The van der Waals surface area contributed by atoms with Crippen molar-refractivity contribution < 1.29 is 8.42 Å². The van der Waals surface area contributed by atoms with Crippen LogP contribution < -0.4 is 0 Å². The SMILES string of the molecule is O=S(=O)(c1cccs1)N(Cc1ccccc1)C1CC1. The summed E-state index contributed by atoms with van der Waals surface area (Å²) in [6.07, 6.45) is 1.94. The summed E-state index contributed by atoms with van der Waals surface area (Å²) in [6, 6.07) is 13.4. The molecule has 0 unspecified atom stereocenters. The van der Waals surface area contributed by atoms with Gasteiger partial charge in [-0.2, -0.15) is 4.31 Å². The Morgan fingerprint density at radius 3 is 2.42 bits per heavy atom. The highest BCUT2D eigenvalue weighted by atomic mass is 32.2. The van der Waals surface area contributed by atoms with E-state index >= 15 is 0 Å². The standard InChI is InChI=1S/C14H15NO2S2/c16-19(17,14-7-4-10-18-14)15(13-8-9-13)11-12-5-2-1-3-6-12/h1-7,10,13H,8-9,11H2. The van der Waals surface area contributed by atoms with E-state index in [0.717, 1.165) is 18.4 Å². The van der Waals surface area contributed by atoms with Crippen molar-refractivity contribution in [1.29, 1.82) is 0 Å². The Morgan fingerprint density at radius 2 is 1.84 bits per heavy atom. The first kappa shape index (κ1) is 12.8. The van der Waals surface area contributed by atoms with Gasteiger partial charge in [0, 0.05) is 12.6 Å². The average molecular weight is 293 g/mol. The fraction of sp³-hybridized carbons (Fsp3) is 0.286. The molecule has 1 fully saturated rings. The van der Waals surface area contributed by atoms with Crippen LogP contribution in [0.1, 0.15) is 18.4 Å². The highest BCUT2D eigenvalue weighted by Gasteiger charge is 2.38. The summed E-state index contributed by atoms with van der Waals surface area (Å²) >= 11 is 1.28. The third-order valence-corrected chi connectivity index (χ3v) is 6.46. The normalized spacial score (nSPS) is 15.8. The minimum atomic E-state index is -3.34. The lowest BCUT2D eigenvalue weighted by atomic mass is 10.2. The second-order valence-corrected chi connectivity index (χ2v) is 7.76. The maximum absolute atomic E-state index is 12.6. The molecule has 1 aromatic carbocycles. The van der Waals surface area contributed by atoms with E-state index in [4.69, 9.17) is 0 Å². The van der Waals surface area contributed by atoms with Crippen molar-refractivity contribution in [2.24, 2.45) is 0 Å². The molecular weight excluding hydrogens is 278 g/mol. The van der Waals surface area contributed by atoms with E-state index in [-0.39, 0.29) is 6.04 Å². The molecule has 100 valence electrons. The summed E-state index contributed by atoms with van der Waals surface area (Å²) in [7, 11) is -3.34. The third-order valence-electron chi connectivity index (χ3n) is 3.19. The van der Waals surface area contributed by atoms with E-state index in [1.807, 2.05) is 30.3 Å². The topological polar surface area (TPSA) is 37.4 Å². The first-order valence-corrected chi connectivity index (χ1v) is 8.59. The van der Waals surface area contributed by atoms with Gasteiger partial charge in [-0.3, -0.25) is 0 Å². The van der Waals surface area contributed by atoms with Crippen LogP contribution in [-0.2, 0) is 16.6 Å². The highest BCUT2D eigenvalue weighted by molar-refractivity contribution is 7.91. The molecule has 2 aromatic rings. The molecule has 3 rings (SSSR count). The monoisotopic (exact) mass is 293 g/mol. The number of hydrogen-bond donors (Lipinski definition) is 0. The second-order valence-electron chi connectivity index (χ2n) is 4.70. The van der Waals surface area contributed by atoms with Gasteiger partial charge in [0.2, 0.25) is 0 Å². The zero-order valence-electron chi connectivity index (χ0n) is 10.4. The second kappa shape index (κ2) is 5.07. The Balaban J connectivity index is 1.90. The largest absolute Gasteiger partial charge is 0.253 e. The van der Waals surface area contributed by atoms with Crippen molar-refractivity contribution in [2.45, 2.75) is 29.6 Å². The number of thiophene rings is 1. The molecule has 0 radical (unpaired) electrons. The lowest BCUT2D eigenvalue weighted by Gasteiger charge is -2.21. The summed E-state index contributed by atoms with van der Waals surface area (Å²) in [5.74, 6) is 0. The highest BCUT2D eigenvalue weighted by Crippen LogP contribution is 2.34. The lowest BCUT2D eigenvalue weighted by Crippen LogP contribution is -2.32. The quantitative estimate of drug-likeness (QED) is 0.849. The molecule has 19 heavy (non-hydrogen) atoms. The molecule has 1 aliphatic carbocycles. The molecule has 0 N–H and O–H groups in total. The average Bonchev–Trinajstić information content (AvgIpc) is 3.09. The van der Waals surface area contributed by atoms with Crippen LogP contribution in [0, 0.1) is 0 Å². The molecule has 5 heteroatoms. The summed E-state index contributed by atoms with van der Waals surface area (Å²) in [6.45, 7) is 0.464. The van der Waals surface area contributed by atoms with Crippen LogP contribution >= 0.6 is 11.3 Å². The van der Waals surface area contributed by atoms with E-state index in [2.05, 4.69) is 0 Å². The molecule has 0 aliphatic heterocycles. The predicted molar refractivity (Wildman–Crippen MR) is 76.5 cm³/mol. The van der Waals surface area contributed by atoms with E-state index in [0.29, 0.717) is 10.8 Å². The van der Waals surface area contributed by atoms with Gasteiger partial charge in [-0.05, 0) is 29.9 Å². The Labute approximate surface area is 117 Å². The summed E-state index contributed by atoms with van der Waals surface area (Å²) < 4.78 is 27.3. The fourth-order valence-corrected chi connectivity index (χ4v) is 4.85. The van der Waals surface area contributed by atoms with Crippen LogP contribution in [0.2, 0.25) is 0 Å². The van der Waals surface area contributed by atoms with Gasteiger partial charge in [0.05, 0.1) is 0 Å². The maximum Gasteiger partial charge on any atom is 0.253 e. The first-order valence-electron chi connectivity index (χ1n) is 6.27. The minimum absolute atomic E-state index is 0.173. The van der Waals surface area contributed by atoms with Crippen LogP contribution in [0.4, 0.5) is 0 Å². The molecule has 1 aromatic heterocycles. The first-order chi connectivity index (χ1) is 9.18. The molecule has 0 spiro atoms. The van der Waals surface area contributed by atoms with Gasteiger partial charge in [-0.25, -0.2) is 8.42 Å². The number of rotatable bonds is 5. The minimum Gasteiger partial charge on any atom is -0.206 e. The van der Waals surface area contributed by atoms with Crippen molar-refractivity contribution in [1.82, 2.24) is 4.31 Å². The van der Waals surface area contributed by atoms with Gasteiger partial charge in [-0.1, -0.05) is 36.4 Å². The van der Waals surface area contributed by atoms with E-state index in [1.165, 1.54) is 11.3 Å². The Kier molecular flexibility index (Phi) is 3.43. The predicted octanol–water partition coefficient (Wildman–Crippen LogP) is 3.10. The van der Waals surface area contributed by atoms with Gasteiger partial charge in [0.25, 0.3) is 10.0 Å². The molecule has 3 nitrogen and oxygen atoms in total. The number of hydrogen-bond acceptors (Lipinski definition) is 3. The fourth-order valence-electron chi connectivity index (χ4n) is 2.06. The molecule has 0 bridgehead atoms. The van der Waals surface area contributed by atoms with Gasteiger partial charge in [-0.15, -0.1) is 11.3 Å². The molecule has 1 saturated carbocycles. The number of nitrogens with zero attached hydrogens (tertiary/aromatic N) is 1. The molecule has 1 heterocycles. The van der Waals surface area contributed by atoms with Crippen molar-refractivity contribution in [3.05, 3.63) is 53.4 Å². The lowest BCUT2D eigenvalue weighted by molar-refractivity contribution is 0.400. The van der Waals surface area contributed by atoms with Gasteiger partial charge >= 0.3 is 0 Å². The zero-order valence-corrected chi connectivity index (χ0v) is 12.0. The Morgan fingerprint density at radius 1 is 1.11 bits per heavy atom. The number of benzene rings is 1. The van der Waals surface area contributed by atoms with Crippen molar-refractivity contribution in [3.8, 4) is 0 Å². The Hall–Kier alpha value is -1.17. The van der Waals surface area contributed by atoms with E-state index in [9.17, 15) is 8.42 Å². The van der Waals surface area contributed by atoms with Gasteiger partial charge < -0.3 is 0 Å². The van der Waals surface area contributed by atoms with Crippen LogP contribution in [0.25, 0.3) is 0 Å². The third kappa shape index (κ3) is 2.73. The van der Waals surface area contributed by atoms with E-state index < -0.39 is 10.0 Å². The smallest absolute Gasteiger partial charge is 0.206 e. The van der Waals surface area contributed by atoms with Crippen LogP contribution in [0.15, 0.2) is 52.1 Å². The summed E-state index contributed by atoms with van der Waals surface area (Å²) in [5.41, 5.74) is 1.04. The van der Waals surface area contributed by atoms with Gasteiger partial charge in [0.1, 0.15) is 4.21 Å². The van der Waals surface area contributed by atoms with E-state index in [1.54, 1.807) is 21.8 Å². The van der Waals surface area contributed by atoms with Crippen molar-refractivity contribution in [2.75, 3.05) is 0 Å². The maximum atomic E-state index is 12.6. The van der Waals surface area contributed by atoms with Crippen LogP contribution in [-0.4, -0.2) is 18.8 Å².